The van der Waals surface area contributed by atoms with Crippen LogP contribution in [0.2, 0.25) is 5.28 Å². The second-order valence-corrected chi connectivity index (χ2v) is 7.99. The number of nitrogens with zero attached hydrogens (tertiary/aromatic N) is 3. The van der Waals surface area contributed by atoms with Crippen LogP contribution in [0.25, 0.3) is 54.1 Å². The molecule has 0 atom stereocenters. The minimum absolute atomic E-state index is 0.00222. The highest BCUT2D eigenvalue weighted by Crippen LogP contribution is 2.41. The minimum atomic E-state index is -0.661. The van der Waals surface area contributed by atoms with E-state index in [2.05, 4.69) is 15.0 Å². The molecule has 0 saturated carbocycles. The maximum Gasteiger partial charge on any atom is 0.226 e. The fourth-order valence-corrected chi connectivity index (χ4v) is 4.43. The quantitative estimate of drug-likeness (QED) is 0.269. The number of rotatable bonds is 3. The van der Waals surface area contributed by atoms with Crippen molar-refractivity contribution in [3.63, 3.8) is 0 Å². The summed E-state index contributed by atoms with van der Waals surface area (Å²) in [5, 5.41) is -0.130. The van der Waals surface area contributed by atoms with Crippen molar-refractivity contribution in [2.45, 2.75) is 0 Å². The Morgan fingerprint density at radius 3 is 2.34 bits per heavy atom. The fourth-order valence-electron chi connectivity index (χ4n) is 3.30. The van der Waals surface area contributed by atoms with E-state index in [0.717, 1.165) is 11.3 Å². The molecule has 0 bridgehead atoms. The van der Waals surface area contributed by atoms with Crippen molar-refractivity contribution >= 4 is 43.1 Å². The van der Waals surface area contributed by atoms with E-state index in [1.54, 1.807) is 30.3 Å². The molecule has 0 spiro atoms. The van der Waals surface area contributed by atoms with Crippen LogP contribution < -0.4 is 0 Å². The third-order valence-electron chi connectivity index (χ3n) is 4.69. The molecule has 4 aromatic carbocycles. The van der Waals surface area contributed by atoms with Crippen LogP contribution in [0.5, 0.6) is 0 Å². The molecule has 0 aliphatic heterocycles. The molecule has 2 heterocycles. The lowest BCUT2D eigenvalue weighted by Crippen LogP contribution is -1.97. The van der Waals surface area contributed by atoms with Crippen LogP contribution in [0.1, 0.15) is 15.1 Å². The maximum atomic E-state index is 9.19. The summed E-state index contributed by atoms with van der Waals surface area (Å²) in [5.41, 5.74) is -0.250. The van der Waals surface area contributed by atoms with Crippen molar-refractivity contribution in [1.82, 2.24) is 15.0 Å². The first-order valence-electron chi connectivity index (χ1n) is 14.8. The summed E-state index contributed by atoms with van der Waals surface area (Å²) in [4.78, 5) is 12.9. The van der Waals surface area contributed by atoms with Gasteiger partial charge in [-0.1, -0.05) is 78.7 Å². The maximum absolute atomic E-state index is 9.19. The molecule has 0 unspecified atom stereocenters. The number of aromatic nitrogens is 3. The van der Waals surface area contributed by atoms with Gasteiger partial charge in [-0.3, -0.25) is 0 Å². The molecule has 0 amide bonds. The Morgan fingerprint density at radius 1 is 0.688 bits per heavy atom. The lowest BCUT2D eigenvalue weighted by Gasteiger charge is -2.07. The number of hydrogen-bond donors (Lipinski definition) is 0. The predicted octanol–water partition coefficient (Wildman–Crippen LogP) is 7.89. The first kappa shape index (κ1) is 10.8. The highest BCUT2D eigenvalue weighted by atomic mass is 35.5. The molecule has 0 aliphatic rings. The van der Waals surface area contributed by atoms with E-state index in [1.807, 2.05) is 0 Å². The summed E-state index contributed by atoms with van der Waals surface area (Å²) in [6.07, 6.45) is 0. The largest absolute Gasteiger partial charge is 0.226 e. The van der Waals surface area contributed by atoms with Crippen LogP contribution in [0, 0.1) is 0 Å². The summed E-state index contributed by atoms with van der Waals surface area (Å²) in [6, 6.07) is 2.95. The molecule has 0 aliphatic carbocycles. The van der Waals surface area contributed by atoms with E-state index in [1.165, 1.54) is 0 Å². The molecule has 3 nitrogen and oxygen atoms in total. The summed E-state index contributed by atoms with van der Waals surface area (Å²) >= 11 is 7.17. The Morgan fingerprint density at radius 2 is 1.50 bits per heavy atom. The van der Waals surface area contributed by atoms with Crippen molar-refractivity contribution in [3.05, 3.63) is 102 Å². The summed E-state index contributed by atoms with van der Waals surface area (Å²) in [5.74, 6) is 0.0528. The number of hydrogen-bond acceptors (Lipinski definition) is 4. The SMILES string of the molecule is [2H]c1c([2H])c([2H])c(-c2c([2H])c([2H])c3sc4c([2H])c([2H])c([2H])c(-c5nc(Cl)nc(-c6ccccc6)n5)c4c3c2[2H])c([2H])c1[2H]. The average molecular weight is 461 g/mol. The van der Waals surface area contributed by atoms with Gasteiger partial charge in [-0.05, 0) is 40.9 Å². The number of benzene rings is 4. The summed E-state index contributed by atoms with van der Waals surface area (Å²) in [6.45, 7) is 0. The van der Waals surface area contributed by atoms with Crippen LogP contribution in [0.4, 0.5) is 0 Å². The van der Waals surface area contributed by atoms with Gasteiger partial charge in [-0.2, -0.15) is 9.97 Å². The van der Waals surface area contributed by atoms with Crippen molar-refractivity contribution in [2.75, 3.05) is 0 Å². The first-order valence-corrected chi connectivity index (χ1v) is 10.5. The zero-order chi connectivity index (χ0) is 31.1. The zero-order valence-corrected chi connectivity index (χ0v) is 17.6. The Labute approximate surface area is 209 Å². The summed E-state index contributed by atoms with van der Waals surface area (Å²) in [7, 11) is 0. The molecule has 0 radical (unpaired) electrons. The van der Waals surface area contributed by atoms with Crippen molar-refractivity contribution < 1.29 is 15.1 Å². The monoisotopic (exact) mass is 460 g/mol. The van der Waals surface area contributed by atoms with E-state index in [4.69, 9.17) is 25.3 Å². The van der Waals surface area contributed by atoms with Gasteiger partial charge in [0.2, 0.25) is 5.28 Å². The standard InChI is InChI=1S/C27H16ClN3S/c28-27-30-25(18-10-5-2-6-11-18)29-26(31-27)20-12-7-13-23-24(20)21-16-19(14-15-22(21)32-23)17-8-3-1-4-9-17/h1-16H/i1D,3D,4D,7D,8D,9D,12D,13D,14D,15D,16D. The second-order valence-electron chi connectivity index (χ2n) is 6.63. The third kappa shape index (κ3) is 3.34. The van der Waals surface area contributed by atoms with Gasteiger partial charge in [0.15, 0.2) is 11.6 Å². The van der Waals surface area contributed by atoms with Gasteiger partial charge in [-0.15, -0.1) is 11.3 Å². The second kappa shape index (κ2) is 7.83. The highest BCUT2D eigenvalue weighted by Gasteiger charge is 2.16. The summed E-state index contributed by atoms with van der Waals surface area (Å²) < 4.78 is 93.9. The van der Waals surface area contributed by atoms with E-state index < -0.39 is 66.0 Å². The van der Waals surface area contributed by atoms with Gasteiger partial charge in [0.1, 0.15) is 0 Å². The van der Waals surface area contributed by atoms with Gasteiger partial charge < -0.3 is 0 Å². The average Bonchev–Trinajstić information content (AvgIpc) is 3.39. The molecule has 2 aromatic heterocycles. The Bertz CT molecular complexity index is 2140. The number of halogens is 1. The number of thiophene rings is 1. The molecular formula is C27H16ClN3S. The van der Waals surface area contributed by atoms with Crippen LogP contribution in [0.3, 0.4) is 0 Å². The van der Waals surface area contributed by atoms with Crippen LogP contribution in [-0.4, -0.2) is 15.0 Å². The van der Waals surface area contributed by atoms with Gasteiger partial charge in [0.05, 0.1) is 15.1 Å². The normalized spacial score (nSPS) is 16.1. The Hall–Kier alpha value is -3.60. The van der Waals surface area contributed by atoms with Gasteiger partial charge in [0.25, 0.3) is 0 Å². The lowest BCUT2D eigenvalue weighted by molar-refractivity contribution is 1.07. The van der Waals surface area contributed by atoms with Crippen molar-refractivity contribution in [3.8, 4) is 33.9 Å². The van der Waals surface area contributed by atoms with Gasteiger partial charge >= 0.3 is 0 Å². The molecule has 0 fully saturated rings. The van der Waals surface area contributed by atoms with Gasteiger partial charge in [-0.25, -0.2) is 4.98 Å². The van der Waals surface area contributed by atoms with E-state index >= 15 is 0 Å². The van der Waals surface area contributed by atoms with Gasteiger partial charge in [0, 0.05) is 31.3 Å². The van der Waals surface area contributed by atoms with E-state index in [0.29, 0.717) is 5.56 Å². The minimum Gasteiger partial charge on any atom is -0.208 e. The molecule has 6 rings (SSSR count). The van der Waals surface area contributed by atoms with Crippen LogP contribution in [-0.2, 0) is 0 Å². The van der Waals surface area contributed by atoms with E-state index in [9.17, 15) is 1.37 Å². The Balaban J connectivity index is 1.81. The topological polar surface area (TPSA) is 38.7 Å². The predicted molar refractivity (Wildman–Crippen MR) is 134 cm³/mol. The van der Waals surface area contributed by atoms with E-state index in [-0.39, 0.29) is 54.3 Å². The van der Waals surface area contributed by atoms with Crippen molar-refractivity contribution in [2.24, 2.45) is 0 Å². The smallest absolute Gasteiger partial charge is 0.208 e. The van der Waals surface area contributed by atoms with Crippen LogP contribution >= 0.6 is 22.9 Å². The first-order chi connectivity index (χ1) is 20.3. The lowest BCUT2D eigenvalue weighted by atomic mass is 10.0. The molecule has 152 valence electrons. The molecular weight excluding hydrogens is 434 g/mol. The number of fused-ring (bicyclic) bond motifs is 3. The highest BCUT2D eigenvalue weighted by molar-refractivity contribution is 7.25. The Kier molecular flexibility index (Phi) is 2.64. The fraction of sp³-hybridized carbons (Fsp3) is 0. The van der Waals surface area contributed by atoms with Crippen molar-refractivity contribution in [1.29, 1.82) is 0 Å². The molecule has 0 saturated heterocycles. The molecule has 5 heteroatoms. The molecule has 6 aromatic rings. The molecule has 32 heavy (non-hydrogen) atoms. The van der Waals surface area contributed by atoms with Crippen LogP contribution in [0.15, 0.2) is 96.8 Å². The zero-order valence-electron chi connectivity index (χ0n) is 27.0. The third-order valence-corrected chi connectivity index (χ3v) is 5.88. The molecule has 0 N–H and O–H groups in total.